The third kappa shape index (κ3) is 2.27. The van der Waals surface area contributed by atoms with E-state index in [1.165, 1.54) is 0 Å². The van der Waals surface area contributed by atoms with Crippen LogP contribution in [0.1, 0.15) is 28.0 Å². The van der Waals surface area contributed by atoms with Crippen LogP contribution in [0, 0.1) is 5.82 Å². The number of esters is 1. The van der Waals surface area contributed by atoms with Crippen molar-refractivity contribution in [1.29, 1.82) is 0 Å². The number of hydrogen-bond donors (Lipinski definition) is 0. The smallest absolute Gasteiger partial charge is 0.341 e. The Labute approximate surface area is 94.2 Å². The minimum Gasteiger partial charge on any atom is -0.465 e. The van der Waals surface area contributed by atoms with Crippen LogP contribution in [-0.4, -0.2) is 18.1 Å². The molecule has 0 aliphatic carbocycles. The Morgan fingerprint density at radius 1 is 1.62 bits per heavy atom. The van der Waals surface area contributed by atoms with Crippen LogP contribution in [0.15, 0.2) is 6.20 Å². The fourth-order valence-electron chi connectivity index (χ4n) is 1.11. The molecule has 0 saturated carbocycles. The van der Waals surface area contributed by atoms with Gasteiger partial charge in [0.2, 0.25) is 0 Å². The summed E-state index contributed by atoms with van der Waals surface area (Å²) < 4.78 is 42.4. The van der Waals surface area contributed by atoms with Crippen LogP contribution in [0.3, 0.4) is 0 Å². The van der Waals surface area contributed by atoms with Gasteiger partial charge in [0.1, 0.15) is 11.3 Å². The molecule has 7 heteroatoms. The van der Waals surface area contributed by atoms with E-state index in [4.69, 9.17) is 11.6 Å². The fraction of sp³-hybridized carbons (Fsp3) is 0.333. The average molecular weight is 254 g/mol. The molecule has 0 N–H and O–H groups in total. The van der Waals surface area contributed by atoms with Gasteiger partial charge < -0.3 is 4.74 Å². The number of ether oxygens (including phenoxy) is 1. The van der Waals surface area contributed by atoms with Gasteiger partial charge in [0.05, 0.1) is 7.11 Å². The molecule has 0 atom stereocenters. The van der Waals surface area contributed by atoms with Gasteiger partial charge in [-0.15, -0.1) is 11.6 Å². The SMILES string of the molecule is COC(=O)c1c(CCl)cnc(C(F)F)c1F. The zero-order chi connectivity index (χ0) is 12.3. The van der Waals surface area contributed by atoms with Gasteiger partial charge in [0, 0.05) is 17.6 Å². The average Bonchev–Trinajstić information content (AvgIpc) is 2.26. The van der Waals surface area contributed by atoms with Crippen molar-refractivity contribution in [3.8, 4) is 0 Å². The highest BCUT2D eigenvalue weighted by Gasteiger charge is 2.25. The van der Waals surface area contributed by atoms with Crippen LogP contribution < -0.4 is 0 Å². The number of nitrogens with zero attached hydrogens (tertiary/aromatic N) is 1. The Morgan fingerprint density at radius 2 is 2.25 bits per heavy atom. The standard InChI is InChI=1S/C9H7ClF3NO2/c1-16-9(15)5-4(2-10)3-14-7(6(5)11)8(12)13/h3,8H,2H2,1H3. The zero-order valence-electron chi connectivity index (χ0n) is 8.14. The van der Waals surface area contributed by atoms with Crippen molar-refractivity contribution in [2.45, 2.75) is 12.3 Å². The molecule has 0 spiro atoms. The topological polar surface area (TPSA) is 39.2 Å². The lowest BCUT2D eigenvalue weighted by atomic mass is 10.1. The van der Waals surface area contributed by atoms with Gasteiger partial charge in [-0.05, 0) is 0 Å². The summed E-state index contributed by atoms with van der Waals surface area (Å²) in [4.78, 5) is 14.4. The van der Waals surface area contributed by atoms with Crippen molar-refractivity contribution in [3.05, 3.63) is 28.8 Å². The van der Waals surface area contributed by atoms with E-state index < -0.39 is 29.5 Å². The van der Waals surface area contributed by atoms with Crippen LogP contribution in [0.2, 0.25) is 0 Å². The summed E-state index contributed by atoms with van der Waals surface area (Å²) in [6.45, 7) is 0. The first-order valence-corrected chi connectivity index (χ1v) is 4.66. The highest BCUT2D eigenvalue weighted by molar-refractivity contribution is 6.17. The van der Waals surface area contributed by atoms with E-state index in [-0.39, 0.29) is 11.4 Å². The van der Waals surface area contributed by atoms with Crippen molar-refractivity contribution < 1.29 is 22.7 Å². The number of halogens is 4. The maximum Gasteiger partial charge on any atom is 0.341 e. The number of rotatable bonds is 3. The Morgan fingerprint density at radius 3 is 2.69 bits per heavy atom. The molecule has 0 saturated heterocycles. The highest BCUT2D eigenvalue weighted by Crippen LogP contribution is 2.25. The summed E-state index contributed by atoms with van der Waals surface area (Å²) in [6.07, 6.45) is -2.17. The molecule has 1 rings (SSSR count). The lowest BCUT2D eigenvalue weighted by molar-refractivity contribution is 0.0592. The van der Waals surface area contributed by atoms with Crippen molar-refractivity contribution in [2.24, 2.45) is 0 Å². The molecular formula is C9H7ClF3NO2. The first kappa shape index (κ1) is 12.8. The molecule has 1 aromatic heterocycles. The molecule has 88 valence electrons. The summed E-state index contributed by atoms with van der Waals surface area (Å²) >= 11 is 5.44. The van der Waals surface area contributed by atoms with E-state index in [9.17, 15) is 18.0 Å². The molecule has 0 amide bonds. The number of hydrogen-bond acceptors (Lipinski definition) is 3. The maximum atomic E-state index is 13.5. The number of carbonyl (C=O) groups excluding carboxylic acids is 1. The maximum absolute atomic E-state index is 13.5. The Bertz CT molecular complexity index is 412. The van der Waals surface area contributed by atoms with Crippen molar-refractivity contribution in [1.82, 2.24) is 4.98 Å². The van der Waals surface area contributed by atoms with E-state index in [1.807, 2.05) is 0 Å². The molecule has 1 heterocycles. The quantitative estimate of drug-likeness (QED) is 0.614. The molecule has 0 aliphatic heterocycles. The number of aromatic nitrogens is 1. The third-order valence-electron chi connectivity index (χ3n) is 1.87. The normalized spacial score (nSPS) is 10.6. The Hall–Kier alpha value is -1.30. The lowest BCUT2D eigenvalue weighted by Crippen LogP contribution is -2.12. The van der Waals surface area contributed by atoms with E-state index in [0.717, 1.165) is 13.3 Å². The summed E-state index contributed by atoms with van der Waals surface area (Å²) in [6, 6.07) is 0. The Balaban J connectivity index is 3.40. The predicted molar refractivity (Wildman–Crippen MR) is 50.0 cm³/mol. The fourth-order valence-corrected chi connectivity index (χ4v) is 1.32. The van der Waals surface area contributed by atoms with Crippen molar-refractivity contribution >= 4 is 17.6 Å². The van der Waals surface area contributed by atoms with Gasteiger partial charge in [-0.25, -0.2) is 18.0 Å². The van der Waals surface area contributed by atoms with Gasteiger partial charge in [-0.3, -0.25) is 4.98 Å². The number of pyridine rings is 1. The third-order valence-corrected chi connectivity index (χ3v) is 2.15. The molecule has 3 nitrogen and oxygen atoms in total. The molecule has 0 aromatic carbocycles. The van der Waals surface area contributed by atoms with Gasteiger partial charge in [-0.2, -0.15) is 0 Å². The molecule has 0 aliphatic rings. The van der Waals surface area contributed by atoms with E-state index in [2.05, 4.69) is 9.72 Å². The van der Waals surface area contributed by atoms with Gasteiger partial charge in [-0.1, -0.05) is 0 Å². The highest BCUT2D eigenvalue weighted by atomic mass is 35.5. The summed E-state index contributed by atoms with van der Waals surface area (Å²) in [5.74, 6) is -2.67. The van der Waals surface area contributed by atoms with Crippen molar-refractivity contribution in [3.63, 3.8) is 0 Å². The van der Waals surface area contributed by atoms with Crippen LogP contribution in [0.5, 0.6) is 0 Å². The molecule has 1 aromatic rings. The minimum atomic E-state index is -3.10. The van der Waals surface area contributed by atoms with Gasteiger partial charge in [0.15, 0.2) is 5.82 Å². The molecule has 0 unspecified atom stereocenters. The molecule has 0 radical (unpaired) electrons. The largest absolute Gasteiger partial charge is 0.465 e. The van der Waals surface area contributed by atoms with E-state index >= 15 is 0 Å². The van der Waals surface area contributed by atoms with Crippen molar-refractivity contribution in [2.75, 3.05) is 7.11 Å². The minimum absolute atomic E-state index is 0.00965. The van der Waals surface area contributed by atoms with Crippen LogP contribution in [-0.2, 0) is 10.6 Å². The second-order valence-electron chi connectivity index (χ2n) is 2.78. The van der Waals surface area contributed by atoms with Crippen LogP contribution in [0.4, 0.5) is 13.2 Å². The van der Waals surface area contributed by atoms with Gasteiger partial charge in [0.25, 0.3) is 6.43 Å². The first-order chi connectivity index (χ1) is 7.52. The molecular weight excluding hydrogens is 247 g/mol. The zero-order valence-corrected chi connectivity index (χ0v) is 8.89. The monoisotopic (exact) mass is 253 g/mol. The summed E-state index contributed by atoms with van der Waals surface area (Å²) in [5, 5.41) is 0. The summed E-state index contributed by atoms with van der Waals surface area (Å²) in [5.41, 5.74) is -1.67. The van der Waals surface area contributed by atoms with Gasteiger partial charge >= 0.3 is 5.97 Å². The first-order valence-electron chi connectivity index (χ1n) is 4.12. The van der Waals surface area contributed by atoms with Crippen LogP contribution in [0.25, 0.3) is 0 Å². The lowest BCUT2D eigenvalue weighted by Gasteiger charge is -2.09. The summed E-state index contributed by atoms with van der Waals surface area (Å²) in [7, 11) is 1.02. The number of carbonyl (C=O) groups is 1. The second-order valence-corrected chi connectivity index (χ2v) is 3.05. The second kappa shape index (κ2) is 5.16. The molecule has 0 fully saturated rings. The molecule has 16 heavy (non-hydrogen) atoms. The number of methoxy groups -OCH3 is 1. The molecule has 0 bridgehead atoms. The predicted octanol–water partition coefficient (Wildman–Crippen LogP) is 2.68. The number of alkyl halides is 3. The Kier molecular flexibility index (Phi) is 4.12. The van der Waals surface area contributed by atoms with Crippen LogP contribution >= 0.6 is 11.6 Å². The van der Waals surface area contributed by atoms with E-state index in [0.29, 0.717) is 0 Å². The van der Waals surface area contributed by atoms with E-state index in [1.54, 1.807) is 0 Å².